The molecule has 1 fully saturated rings. The fraction of sp³-hybridized carbons (Fsp3) is 0.444. The van der Waals surface area contributed by atoms with Gasteiger partial charge in [0.1, 0.15) is 5.82 Å². The molecule has 118 valence electrons. The molecule has 0 unspecified atom stereocenters. The van der Waals surface area contributed by atoms with Gasteiger partial charge in [0.25, 0.3) is 5.91 Å². The van der Waals surface area contributed by atoms with Crippen LogP contribution in [0.3, 0.4) is 0 Å². The van der Waals surface area contributed by atoms with Gasteiger partial charge in [-0.05, 0) is 25.0 Å². The Bertz CT molecular complexity index is 492. The van der Waals surface area contributed by atoms with Crippen molar-refractivity contribution >= 4 is 11.7 Å². The lowest BCUT2D eigenvalue weighted by molar-refractivity contribution is 0.0790. The fourth-order valence-electron chi connectivity index (χ4n) is 2.73. The van der Waals surface area contributed by atoms with Crippen molar-refractivity contribution in [1.82, 2.24) is 9.88 Å². The van der Waals surface area contributed by atoms with Gasteiger partial charge in [-0.25, -0.2) is 4.98 Å². The molecule has 1 aliphatic rings. The molecular formula is C18H25N3O. The van der Waals surface area contributed by atoms with Gasteiger partial charge in [-0.15, -0.1) is 13.2 Å². The van der Waals surface area contributed by atoms with Crippen LogP contribution >= 0.6 is 0 Å². The second-order valence-corrected chi connectivity index (χ2v) is 5.59. The Morgan fingerprint density at radius 1 is 1.14 bits per heavy atom. The minimum atomic E-state index is -0.0327. The topological polar surface area (TPSA) is 36.4 Å². The Balaban J connectivity index is 2.07. The van der Waals surface area contributed by atoms with E-state index < -0.39 is 0 Å². The van der Waals surface area contributed by atoms with E-state index in [2.05, 4.69) is 23.0 Å². The largest absolute Gasteiger partial charge is 0.357 e. The zero-order chi connectivity index (χ0) is 15.8. The Labute approximate surface area is 133 Å². The molecule has 1 aliphatic heterocycles. The number of hydrogen-bond acceptors (Lipinski definition) is 3. The summed E-state index contributed by atoms with van der Waals surface area (Å²) in [6.45, 7) is 10.5. The molecule has 0 aliphatic carbocycles. The maximum Gasteiger partial charge on any atom is 0.255 e. The molecule has 0 spiro atoms. The van der Waals surface area contributed by atoms with Crippen LogP contribution in [0.15, 0.2) is 43.6 Å². The van der Waals surface area contributed by atoms with Crippen LogP contribution in [0.4, 0.5) is 5.82 Å². The first-order valence-corrected chi connectivity index (χ1v) is 7.98. The summed E-state index contributed by atoms with van der Waals surface area (Å²) >= 11 is 0. The molecule has 1 aromatic rings. The highest BCUT2D eigenvalue weighted by atomic mass is 16.2. The third kappa shape index (κ3) is 4.20. The molecule has 0 radical (unpaired) electrons. The van der Waals surface area contributed by atoms with E-state index in [1.807, 2.05) is 12.1 Å². The van der Waals surface area contributed by atoms with Gasteiger partial charge in [0.2, 0.25) is 0 Å². The monoisotopic (exact) mass is 299 g/mol. The molecule has 0 saturated carbocycles. The smallest absolute Gasteiger partial charge is 0.255 e. The molecule has 22 heavy (non-hydrogen) atoms. The number of nitrogens with zero attached hydrogens (tertiary/aromatic N) is 3. The molecule has 4 nitrogen and oxygen atoms in total. The van der Waals surface area contributed by atoms with Crippen LogP contribution in [0.2, 0.25) is 0 Å². The fourth-order valence-corrected chi connectivity index (χ4v) is 2.73. The van der Waals surface area contributed by atoms with Crippen molar-refractivity contribution in [2.75, 3.05) is 31.1 Å². The molecule has 2 heterocycles. The number of aromatic nitrogens is 1. The number of amides is 1. The average Bonchev–Trinajstić information content (AvgIpc) is 2.83. The normalized spacial score (nSPS) is 15.0. The molecular weight excluding hydrogens is 274 g/mol. The molecule has 0 bridgehead atoms. The molecule has 0 aromatic carbocycles. The molecule has 1 saturated heterocycles. The maximum atomic E-state index is 12.4. The van der Waals surface area contributed by atoms with Crippen molar-refractivity contribution < 1.29 is 4.79 Å². The minimum Gasteiger partial charge on any atom is -0.357 e. The second kappa shape index (κ2) is 8.37. The van der Waals surface area contributed by atoms with E-state index in [0.29, 0.717) is 18.7 Å². The van der Waals surface area contributed by atoms with Gasteiger partial charge in [-0.1, -0.05) is 25.0 Å². The summed E-state index contributed by atoms with van der Waals surface area (Å²) in [4.78, 5) is 20.9. The van der Waals surface area contributed by atoms with Gasteiger partial charge in [0.05, 0.1) is 5.56 Å². The van der Waals surface area contributed by atoms with Gasteiger partial charge < -0.3 is 9.80 Å². The van der Waals surface area contributed by atoms with Gasteiger partial charge in [0, 0.05) is 32.4 Å². The van der Waals surface area contributed by atoms with Crippen LogP contribution in [0.1, 0.15) is 36.0 Å². The van der Waals surface area contributed by atoms with Crippen molar-refractivity contribution in [1.29, 1.82) is 0 Å². The van der Waals surface area contributed by atoms with E-state index in [-0.39, 0.29) is 5.91 Å². The molecule has 4 heteroatoms. The molecule has 2 rings (SSSR count). The summed E-state index contributed by atoms with van der Waals surface area (Å²) in [5.74, 6) is 0.937. The van der Waals surface area contributed by atoms with Gasteiger partial charge in [0.15, 0.2) is 0 Å². The number of carbonyl (C=O) groups excluding carboxylic acids is 1. The van der Waals surface area contributed by atoms with Crippen LogP contribution < -0.4 is 4.90 Å². The van der Waals surface area contributed by atoms with E-state index in [0.717, 1.165) is 18.9 Å². The van der Waals surface area contributed by atoms with Crippen LogP contribution in [0.5, 0.6) is 0 Å². The molecule has 0 N–H and O–H groups in total. The predicted octanol–water partition coefficient (Wildman–Crippen LogP) is 3.28. The quantitative estimate of drug-likeness (QED) is 0.756. The van der Waals surface area contributed by atoms with E-state index in [1.54, 1.807) is 23.2 Å². The summed E-state index contributed by atoms with van der Waals surface area (Å²) in [5.41, 5.74) is 0.613. The summed E-state index contributed by atoms with van der Waals surface area (Å²) in [7, 11) is 0. The van der Waals surface area contributed by atoms with Crippen molar-refractivity contribution in [3.8, 4) is 0 Å². The van der Waals surface area contributed by atoms with Gasteiger partial charge in [-0.2, -0.15) is 0 Å². The first-order valence-electron chi connectivity index (χ1n) is 7.98. The Morgan fingerprint density at radius 2 is 1.77 bits per heavy atom. The predicted molar refractivity (Wildman–Crippen MR) is 91.2 cm³/mol. The maximum absolute atomic E-state index is 12.4. The van der Waals surface area contributed by atoms with E-state index in [9.17, 15) is 4.79 Å². The number of pyridine rings is 1. The van der Waals surface area contributed by atoms with Crippen molar-refractivity contribution in [2.24, 2.45) is 0 Å². The number of anilines is 1. The lowest BCUT2D eigenvalue weighted by Crippen LogP contribution is -2.31. The Kier molecular flexibility index (Phi) is 6.19. The third-order valence-corrected chi connectivity index (χ3v) is 3.91. The van der Waals surface area contributed by atoms with E-state index >= 15 is 0 Å². The van der Waals surface area contributed by atoms with Crippen LogP contribution in [0, 0.1) is 0 Å². The Hall–Kier alpha value is -2.10. The van der Waals surface area contributed by atoms with Crippen molar-refractivity contribution in [3.63, 3.8) is 0 Å². The second-order valence-electron chi connectivity index (χ2n) is 5.59. The lowest BCUT2D eigenvalue weighted by Gasteiger charge is -2.22. The summed E-state index contributed by atoms with van der Waals surface area (Å²) in [5, 5.41) is 0. The highest BCUT2D eigenvalue weighted by Crippen LogP contribution is 2.18. The first kappa shape index (κ1) is 16.3. The highest BCUT2D eigenvalue weighted by molar-refractivity contribution is 5.94. The number of carbonyl (C=O) groups is 1. The van der Waals surface area contributed by atoms with Gasteiger partial charge >= 0.3 is 0 Å². The van der Waals surface area contributed by atoms with Crippen LogP contribution in [-0.2, 0) is 0 Å². The zero-order valence-electron chi connectivity index (χ0n) is 13.2. The van der Waals surface area contributed by atoms with E-state index in [1.165, 1.54) is 25.7 Å². The zero-order valence-corrected chi connectivity index (χ0v) is 13.2. The highest BCUT2D eigenvalue weighted by Gasteiger charge is 2.15. The number of hydrogen-bond donors (Lipinski definition) is 0. The van der Waals surface area contributed by atoms with Crippen LogP contribution in [0.25, 0.3) is 0 Å². The standard InChI is InChI=1S/C18H25N3O/c1-3-11-21(12-4-2)18(22)16-9-10-17(19-15-16)20-13-7-5-6-8-14-20/h3-4,9-10,15H,1-2,5-8,11-14H2. The lowest BCUT2D eigenvalue weighted by atomic mass is 10.2. The summed E-state index contributed by atoms with van der Waals surface area (Å²) in [6, 6.07) is 3.83. The average molecular weight is 299 g/mol. The summed E-state index contributed by atoms with van der Waals surface area (Å²) < 4.78 is 0. The van der Waals surface area contributed by atoms with E-state index in [4.69, 9.17) is 0 Å². The summed E-state index contributed by atoms with van der Waals surface area (Å²) in [6.07, 6.45) is 10.2. The van der Waals surface area contributed by atoms with Crippen molar-refractivity contribution in [3.05, 3.63) is 49.2 Å². The minimum absolute atomic E-state index is 0.0327. The van der Waals surface area contributed by atoms with Crippen LogP contribution in [-0.4, -0.2) is 42.0 Å². The molecule has 0 atom stereocenters. The van der Waals surface area contributed by atoms with Gasteiger partial charge in [-0.3, -0.25) is 4.79 Å². The molecule has 1 aromatic heterocycles. The number of rotatable bonds is 6. The molecule has 1 amide bonds. The van der Waals surface area contributed by atoms with Crippen molar-refractivity contribution in [2.45, 2.75) is 25.7 Å². The third-order valence-electron chi connectivity index (χ3n) is 3.91. The first-order chi connectivity index (χ1) is 10.8. The Morgan fingerprint density at radius 3 is 2.27 bits per heavy atom. The SMILES string of the molecule is C=CCN(CC=C)C(=O)c1ccc(N2CCCCCC2)nc1.